The first-order valence-corrected chi connectivity index (χ1v) is 7.53. The number of urea groups is 1. The van der Waals surface area contributed by atoms with Gasteiger partial charge in [-0.1, -0.05) is 17.7 Å². The predicted octanol–water partition coefficient (Wildman–Crippen LogP) is 3.46. The van der Waals surface area contributed by atoms with E-state index in [-0.39, 0.29) is 18.0 Å². The van der Waals surface area contributed by atoms with Crippen molar-refractivity contribution in [1.29, 1.82) is 0 Å². The summed E-state index contributed by atoms with van der Waals surface area (Å²) in [4.78, 5) is 23.9. The summed E-state index contributed by atoms with van der Waals surface area (Å²) in [5.41, 5.74) is 1.62. The zero-order valence-electron chi connectivity index (χ0n) is 13.2. The number of nitrogens with zero attached hydrogens (tertiary/aromatic N) is 1. The predicted molar refractivity (Wildman–Crippen MR) is 92.1 cm³/mol. The number of amides is 3. The maximum Gasteiger partial charge on any atom is 0.319 e. The summed E-state index contributed by atoms with van der Waals surface area (Å²) in [7, 11) is 1.75. The number of carbonyl (C=O) groups excluding carboxylic acids is 2. The third kappa shape index (κ3) is 4.75. The molecule has 1 aromatic carbocycles. The van der Waals surface area contributed by atoms with E-state index in [1.165, 1.54) is 0 Å². The lowest BCUT2D eigenvalue weighted by Crippen LogP contribution is -2.34. The van der Waals surface area contributed by atoms with Gasteiger partial charge in [-0.15, -0.1) is 0 Å². The molecule has 0 aliphatic carbocycles. The van der Waals surface area contributed by atoms with Crippen molar-refractivity contribution in [3.05, 3.63) is 47.2 Å². The third-order valence-corrected chi connectivity index (χ3v) is 3.21. The number of benzene rings is 1. The number of rotatable bonds is 4. The van der Waals surface area contributed by atoms with Crippen molar-refractivity contribution in [3.8, 4) is 0 Å². The van der Waals surface area contributed by atoms with Crippen LogP contribution in [-0.2, 0) is 7.05 Å². The molecule has 0 fully saturated rings. The molecule has 23 heavy (non-hydrogen) atoms. The second-order valence-electron chi connectivity index (χ2n) is 5.44. The number of anilines is 2. The highest BCUT2D eigenvalue weighted by atomic mass is 35.5. The van der Waals surface area contributed by atoms with Crippen molar-refractivity contribution in [2.45, 2.75) is 19.9 Å². The largest absolute Gasteiger partial charge is 0.345 e. The van der Waals surface area contributed by atoms with Gasteiger partial charge in [-0.25, -0.2) is 4.79 Å². The number of aryl methyl sites for hydroxylation is 1. The van der Waals surface area contributed by atoms with Crippen LogP contribution < -0.4 is 16.0 Å². The first kappa shape index (κ1) is 16.9. The van der Waals surface area contributed by atoms with E-state index in [0.29, 0.717) is 22.1 Å². The number of carbonyl (C=O) groups is 2. The molecule has 2 rings (SSSR count). The summed E-state index contributed by atoms with van der Waals surface area (Å²) in [5.74, 6) is -0.275. The number of hydrogen-bond acceptors (Lipinski definition) is 2. The highest BCUT2D eigenvalue weighted by molar-refractivity contribution is 6.31. The van der Waals surface area contributed by atoms with Crippen molar-refractivity contribution in [2.24, 2.45) is 7.05 Å². The minimum atomic E-state index is -0.294. The molecule has 0 spiro atoms. The van der Waals surface area contributed by atoms with Gasteiger partial charge in [0, 0.05) is 30.7 Å². The molecule has 0 unspecified atom stereocenters. The molecule has 1 aromatic heterocycles. The monoisotopic (exact) mass is 334 g/mol. The maximum atomic E-state index is 12.2. The molecule has 0 aliphatic heterocycles. The Kier molecular flexibility index (Phi) is 5.28. The minimum Gasteiger partial charge on any atom is -0.345 e. The second kappa shape index (κ2) is 7.19. The molecule has 0 saturated heterocycles. The van der Waals surface area contributed by atoms with Gasteiger partial charge >= 0.3 is 6.03 Å². The third-order valence-electron chi connectivity index (χ3n) is 3.00. The van der Waals surface area contributed by atoms with Gasteiger partial charge in [0.05, 0.1) is 5.02 Å². The van der Waals surface area contributed by atoms with E-state index >= 15 is 0 Å². The molecule has 3 amide bonds. The second-order valence-corrected chi connectivity index (χ2v) is 5.88. The van der Waals surface area contributed by atoms with Gasteiger partial charge < -0.3 is 20.5 Å². The first-order valence-electron chi connectivity index (χ1n) is 7.16. The molecule has 0 bridgehead atoms. The average Bonchev–Trinajstić information content (AvgIpc) is 2.77. The molecule has 3 N–H and O–H groups in total. The Balaban J connectivity index is 2.06. The van der Waals surface area contributed by atoms with Crippen LogP contribution >= 0.6 is 11.6 Å². The Morgan fingerprint density at radius 2 is 1.78 bits per heavy atom. The molecule has 7 heteroatoms. The molecular weight excluding hydrogens is 316 g/mol. The van der Waals surface area contributed by atoms with Gasteiger partial charge in [-0.05, 0) is 38.1 Å². The lowest BCUT2D eigenvalue weighted by Gasteiger charge is -2.11. The highest BCUT2D eigenvalue weighted by Crippen LogP contribution is 2.18. The molecule has 0 radical (unpaired) electrons. The molecular formula is C16H19ClN4O2. The van der Waals surface area contributed by atoms with Crippen LogP contribution in [0.4, 0.5) is 16.2 Å². The zero-order valence-corrected chi connectivity index (χ0v) is 13.9. The quantitative estimate of drug-likeness (QED) is 0.801. The Hall–Kier alpha value is -2.47. The van der Waals surface area contributed by atoms with Gasteiger partial charge in [0.2, 0.25) is 0 Å². The smallest absolute Gasteiger partial charge is 0.319 e. The van der Waals surface area contributed by atoms with Gasteiger partial charge in [0.25, 0.3) is 5.91 Å². The van der Waals surface area contributed by atoms with Gasteiger partial charge in [-0.2, -0.15) is 0 Å². The Morgan fingerprint density at radius 1 is 1.13 bits per heavy atom. The topological polar surface area (TPSA) is 75.2 Å². The summed E-state index contributed by atoms with van der Waals surface area (Å²) in [6, 6.07) is 8.26. The number of nitrogens with one attached hydrogen (secondary N) is 3. The first-order chi connectivity index (χ1) is 10.8. The van der Waals surface area contributed by atoms with E-state index in [1.54, 1.807) is 48.1 Å². The van der Waals surface area contributed by atoms with Crippen LogP contribution in [0.15, 0.2) is 36.5 Å². The van der Waals surface area contributed by atoms with Crippen LogP contribution in [0.3, 0.4) is 0 Å². The van der Waals surface area contributed by atoms with E-state index in [2.05, 4.69) is 16.0 Å². The normalized spacial score (nSPS) is 10.5. The van der Waals surface area contributed by atoms with Crippen LogP contribution in [0, 0.1) is 0 Å². The molecule has 1 heterocycles. The molecule has 122 valence electrons. The van der Waals surface area contributed by atoms with E-state index < -0.39 is 0 Å². The maximum absolute atomic E-state index is 12.2. The van der Waals surface area contributed by atoms with E-state index in [9.17, 15) is 9.59 Å². The molecule has 2 aromatic rings. The number of aromatic nitrogens is 1. The van der Waals surface area contributed by atoms with Crippen LogP contribution in [0.2, 0.25) is 5.02 Å². The summed E-state index contributed by atoms with van der Waals surface area (Å²) in [6.07, 6.45) is 1.66. The van der Waals surface area contributed by atoms with Crippen molar-refractivity contribution < 1.29 is 9.59 Å². The van der Waals surface area contributed by atoms with Gasteiger partial charge in [0.15, 0.2) is 0 Å². The summed E-state index contributed by atoms with van der Waals surface area (Å²) < 4.78 is 1.65. The van der Waals surface area contributed by atoms with Crippen LogP contribution in [0.1, 0.15) is 24.3 Å². The lowest BCUT2D eigenvalue weighted by molar-refractivity contribution is 0.101. The lowest BCUT2D eigenvalue weighted by atomic mass is 10.2. The van der Waals surface area contributed by atoms with Crippen LogP contribution in [-0.4, -0.2) is 22.5 Å². The number of halogens is 1. The van der Waals surface area contributed by atoms with E-state index in [0.717, 1.165) is 0 Å². The standard InChI is InChI=1S/C16H19ClN4O2/c1-10(2)18-16(23)20-13-6-4-5-12(8-13)19-15(22)14-7-11(17)9-21(14)3/h4-10H,1-3H3,(H,19,22)(H2,18,20,23). The van der Waals surface area contributed by atoms with Gasteiger partial charge in [-0.3, -0.25) is 4.79 Å². The zero-order chi connectivity index (χ0) is 17.0. The molecule has 0 atom stereocenters. The average molecular weight is 335 g/mol. The fourth-order valence-corrected chi connectivity index (χ4v) is 2.30. The summed E-state index contributed by atoms with van der Waals surface area (Å²) in [5, 5.41) is 8.72. The van der Waals surface area contributed by atoms with Crippen molar-refractivity contribution >= 4 is 34.9 Å². The van der Waals surface area contributed by atoms with Crippen molar-refractivity contribution in [1.82, 2.24) is 9.88 Å². The van der Waals surface area contributed by atoms with Crippen LogP contribution in [0.5, 0.6) is 0 Å². The Morgan fingerprint density at radius 3 is 2.35 bits per heavy atom. The Labute approximate surface area is 139 Å². The van der Waals surface area contributed by atoms with Crippen molar-refractivity contribution in [2.75, 3.05) is 10.6 Å². The minimum absolute atomic E-state index is 0.0416. The summed E-state index contributed by atoms with van der Waals surface area (Å²) in [6.45, 7) is 3.75. The Bertz CT molecular complexity index is 725. The van der Waals surface area contributed by atoms with Crippen molar-refractivity contribution in [3.63, 3.8) is 0 Å². The summed E-state index contributed by atoms with van der Waals surface area (Å²) >= 11 is 5.88. The molecule has 0 aliphatic rings. The van der Waals surface area contributed by atoms with Gasteiger partial charge in [0.1, 0.15) is 5.69 Å². The van der Waals surface area contributed by atoms with E-state index in [1.807, 2.05) is 13.8 Å². The van der Waals surface area contributed by atoms with E-state index in [4.69, 9.17) is 11.6 Å². The SMILES string of the molecule is CC(C)NC(=O)Nc1cccc(NC(=O)c2cc(Cl)cn2C)c1. The van der Waals surface area contributed by atoms with Crippen LogP contribution in [0.25, 0.3) is 0 Å². The molecule has 0 saturated carbocycles. The fraction of sp³-hybridized carbons (Fsp3) is 0.250. The highest BCUT2D eigenvalue weighted by Gasteiger charge is 2.12. The molecule has 6 nitrogen and oxygen atoms in total. The number of hydrogen-bond donors (Lipinski definition) is 3. The fourth-order valence-electron chi connectivity index (χ4n) is 2.05.